The molecule has 6 heteroatoms. The Kier molecular flexibility index (Phi) is 7.75. The summed E-state index contributed by atoms with van der Waals surface area (Å²) in [7, 11) is 0. The summed E-state index contributed by atoms with van der Waals surface area (Å²) in [6.45, 7) is 5.93. The van der Waals surface area contributed by atoms with Gasteiger partial charge in [0.1, 0.15) is 5.75 Å². The van der Waals surface area contributed by atoms with Crippen molar-refractivity contribution >= 4 is 17.6 Å². The van der Waals surface area contributed by atoms with Crippen LogP contribution in [0.15, 0.2) is 53.6 Å². The summed E-state index contributed by atoms with van der Waals surface area (Å²) in [5.74, 6) is -0.361. The van der Waals surface area contributed by atoms with Gasteiger partial charge in [-0.1, -0.05) is 56.3 Å². The minimum absolute atomic E-state index is 0.0683. The van der Waals surface area contributed by atoms with Crippen molar-refractivity contribution in [1.82, 2.24) is 5.43 Å². The molecule has 0 fully saturated rings. The summed E-state index contributed by atoms with van der Waals surface area (Å²) >= 11 is 0. The molecular weight excluding hydrogens is 356 g/mol. The Balaban J connectivity index is 2.04. The summed E-state index contributed by atoms with van der Waals surface area (Å²) in [5, 5.41) is 13.1. The van der Waals surface area contributed by atoms with Crippen LogP contribution >= 0.6 is 0 Å². The van der Waals surface area contributed by atoms with E-state index in [9.17, 15) is 9.59 Å². The average Bonchev–Trinajstić information content (AvgIpc) is 2.66. The first-order valence-electron chi connectivity index (χ1n) is 9.22. The number of aryl methyl sites for hydroxylation is 1. The molecule has 0 bridgehead atoms. The van der Waals surface area contributed by atoms with Crippen LogP contribution in [0.25, 0.3) is 0 Å². The van der Waals surface area contributed by atoms with Gasteiger partial charge in [0.2, 0.25) is 0 Å². The number of rotatable bonds is 9. The standard InChI is InChI=1S/C22H26N2O4/c1-15(2)18-10-9-16(3)13-20(18)28-14-21(25)24-23-19(11-12-22(26)27)17-7-5-4-6-8-17/h4-10,13,15H,11-12,14H2,1-3H3,(H,24,25)(H,26,27). The van der Waals surface area contributed by atoms with E-state index in [0.29, 0.717) is 11.5 Å². The Morgan fingerprint density at radius 1 is 1.11 bits per heavy atom. The molecule has 28 heavy (non-hydrogen) atoms. The van der Waals surface area contributed by atoms with Crippen LogP contribution in [0, 0.1) is 6.92 Å². The second kappa shape index (κ2) is 10.3. The second-order valence-electron chi connectivity index (χ2n) is 6.84. The summed E-state index contributed by atoms with van der Waals surface area (Å²) in [5.41, 5.74) is 5.84. The van der Waals surface area contributed by atoms with E-state index in [0.717, 1.165) is 16.7 Å². The number of hydrazone groups is 1. The maximum Gasteiger partial charge on any atom is 0.303 e. The minimum atomic E-state index is -0.918. The number of hydrogen-bond donors (Lipinski definition) is 2. The van der Waals surface area contributed by atoms with E-state index < -0.39 is 11.9 Å². The fourth-order valence-electron chi connectivity index (χ4n) is 2.67. The van der Waals surface area contributed by atoms with Crippen molar-refractivity contribution in [3.8, 4) is 5.75 Å². The quantitative estimate of drug-likeness (QED) is 0.509. The molecular formula is C22H26N2O4. The SMILES string of the molecule is Cc1ccc(C(C)C)c(OCC(=O)NN=C(CCC(=O)O)c2ccccc2)c1. The normalized spacial score (nSPS) is 11.4. The third-order valence-corrected chi connectivity index (χ3v) is 4.15. The number of nitrogens with zero attached hydrogens (tertiary/aromatic N) is 1. The number of ether oxygens (including phenoxy) is 1. The molecule has 0 aliphatic carbocycles. The molecule has 0 saturated heterocycles. The van der Waals surface area contributed by atoms with Gasteiger partial charge in [-0.3, -0.25) is 9.59 Å². The van der Waals surface area contributed by atoms with E-state index in [2.05, 4.69) is 24.4 Å². The van der Waals surface area contributed by atoms with Crippen molar-refractivity contribution in [2.45, 2.75) is 39.5 Å². The van der Waals surface area contributed by atoms with Crippen LogP contribution in [0.2, 0.25) is 0 Å². The van der Waals surface area contributed by atoms with Crippen molar-refractivity contribution in [2.24, 2.45) is 5.10 Å². The van der Waals surface area contributed by atoms with E-state index in [4.69, 9.17) is 9.84 Å². The van der Waals surface area contributed by atoms with Crippen LogP contribution in [0.4, 0.5) is 0 Å². The van der Waals surface area contributed by atoms with E-state index in [1.165, 1.54) is 0 Å². The number of carbonyl (C=O) groups excluding carboxylic acids is 1. The molecule has 0 saturated carbocycles. The third-order valence-electron chi connectivity index (χ3n) is 4.15. The monoisotopic (exact) mass is 382 g/mol. The van der Waals surface area contributed by atoms with Crippen molar-refractivity contribution < 1.29 is 19.4 Å². The summed E-state index contributed by atoms with van der Waals surface area (Å²) in [6, 6.07) is 15.1. The lowest BCUT2D eigenvalue weighted by molar-refractivity contribution is -0.136. The van der Waals surface area contributed by atoms with Gasteiger partial charge in [-0.2, -0.15) is 5.10 Å². The van der Waals surface area contributed by atoms with Crippen LogP contribution in [-0.4, -0.2) is 29.3 Å². The number of carbonyl (C=O) groups is 2. The maximum absolute atomic E-state index is 12.2. The van der Waals surface area contributed by atoms with E-state index in [1.807, 2.05) is 55.5 Å². The first-order chi connectivity index (χ1) is 13.4. The zero-order valence-corrected chi connectivity index (χ0v) is 16.4. The van der Waals surface area contributed by atoms with Crippen LogP contribution < -0.4 is 10.2 Å². The highest BCUT2D eigenvalue weighted by Gasteiger charge is 2.11. The summed E-state index contributed by atoms with van der Waals surface area (Å²) < 4.78 is 5.70. The predicted molar refractivity (Wildman–Crippen MR) is 109 cm³/mol. The molecule has 0 aliphatic heterocycles. The fourth-order valence-corrected chi connectivity index (χ4v) is 2.67. The van der Waals surface area contributed by atoms with Gasteiger partial charge in [-0.05, 0) is 35.6 Å². The van der Waals surface area contributed by atoms with Gasteiger partial charge in [-0.15, -0.1) is 0 Å². The summed E-state index contributed by atoms with van der Waals surface area (Å²) in [6.07, 6.45) is 0.150. The predicted octanol–water partition coefficient (Wildman–Crippen LogP) is 3.88. The number of benzene rings is 2. The van der Waals surface area contributed by atoms with Crippen LogP contribution in [0.5, 0.6) is 5.75 Å². The molecule has 1 amide bonds. The second-order valence-corrected chi connectivity index (χ2v) is 6.84. The Morgan fingerprint density at radius 3 is 2.46 bits per heavy atom. The van der Waals surface area contributed by atoms with Crippen molar-refractivity contribution in [3.63, 3.8) is 0 Å². The lowest BCUT2D eigenvalue weighted by Gasteiger charge is -2.14. The van der Waals surface area contributed by atoms with E-state index in [-0.39, 0.29) is 25.4 Å². The van der Waals surface area contributed by atoms with E-state index in [1.54, 1.807) is 0 Å². The molecule has 2 rings (SSSR count). The zero-order valence-electron chi connectivity index (χ0n) is 16.4. The zero-order chi connectivity index (χ0) is 20.5. The van der Waals surface area contributed by atoms with Crippen molar-refractivity contribution in [1.29, 1.82) is 0 Å². The first kappa shape index (κ1) is 21.2. The highest BCUT2D eigenvalue weighted by Crippen LogP contribution is 2.27. The summed E-state index contributed by atoms with van der Waals surface area (Å²) in [4.78, 5) is 23.1. The van der Waals surface area contributed by atoms with Crippen molar-refractivity contribution in [2.75, 3.05) is 6.61 Å². The van der Waals surface area contributed by atoms with Crippen LogP contribution in [0.3, 0.4) is 0 Å². The third kappa shape index (κ3) is 6.54. The van der Waals surface area contributed by atoms with Gasteiger partial charge in [0.25, 0.3) is 5.91 Å². The number of carboxylic acid groups (broad SMARTS) is 1. The Bertz CT molecular complexity index is 845. The lowest BCUT2D eigenvalue weighted by atomic mass is 10.0. The fraction of sp³-hybridized carbons (Fsp3) is 0.318. The van der Waals surface area contributed by atoms with Crippen molar-refractivity contribution in [3.05, 3.63) is 65.2 Å². The minimum Gasteiger partial charge on any atom is -0.483 e. The highest BCUT2D eigenvalue weighted by molar-refractivity contribution is 6.02. The number of carboxylic acids is 1. The molecule has 0 aromatic heterocycles. The molecule has 2 aromatic carbocycles. The van der Waals surface area contributed by atoms with Crippen LogP contribution in [-0.2, 0) is 9.59 Å². The molecule has 0 heterocycles. The molecule has 2 N–H and O–H groups in total. The van der Waals surface area contributed by atoms with Gasteiger partial charge in [-0.25, -0.2) is 5.43 Å². The maximum atomic E-state index is 12.2. The number of aliphatic carboxylic acids is 1. The lowest BCUT2D eigenvalue weighted by Crippen LogP contribution is -2.26. The molecule has 0 unspecified atom stereocenters. The number of amides is 1. The molecule has 0 radical (unpaired) electrons. The van der Waals surface area contributed by atoms with Gasteiger partial charge >= 0.3 is 5.97 Å². The largest absolute Gasteiger partial charge is 0.483 e. The van der Waals surface area contributed by atoms with Gasteiger partial charge in [0, 0.05) is 6.42 Å². The number of hydrogen-bond acceptors (Lipinski definition) is 4. The molecule has 2 aromatic rings. The first-order valence-corrected chi connectivity index (χ1v) is 9.22. The Hall–Kier alpha value is -3.15. The Morgan fingerprint density at radius 2 is 1.82 bits per heavy atom. The smallest absolute Gasteiger partial charge is 0.303 e. The number of nitrogens with one attached hydrogen (secondary N) is 1. The molecule has 0 spiro atoms. The molecule has 148 valence electrons. The van der Waals surface area contributed by atoms with E-state index >= 15 is 0 Å². The average molecular weight is 382 g/mol. The molecule has 0 atom stereocenters. The van der Waals surface area contributed by atoms with Gasteiger partial charge in [0.05, 0.1) is 12.1 Å². The van der Waals surface area contributed by atoms with Gasteiger partial charge < -0.3 is 9.84 Å². The Labute approximate surface area is 165 Å². The molecule has 0 aliphatic rings. The topological polar surface area (TPSA) is 88.0 Å². The van der Waals surface area contributed by atoms with Gasteiger partial charge in [0.15, 0.2) is 6.61 Å². The highest BCUT2D eigenvalue weighted by atomic mass is 16.5. The van der Waals surface area contributed by atoms with Crippen LogP contribution in [0.1, 0.15) is 49.3 Å². The molecule has 6 nitrogen and oxygen atoms in total.